The van der Waals surface area contributed by atoms with Gasteiger partial charge in [0.1, 0.15) is 11.6 Å². The standard InChI is InChI=1S/C15H28N2O2/c1-10-11(18)16-15(7,8)12(19)17(10)14(5,6)9-13(2,3)4/h10H,9H2,1-8H3,(H,16,18). The van der Waals surface area contributed by atoms with Gasteiger partial charge in [0, 0.05) is 5.54 Å². The fraction of sp³-hybridized carbons (Fsp3) is 0.867. The quantitative estimate of drug-likeness (QED) is 0.835. The third-order valence-corrected chi connectivity index (χ3v) is 3.57. The maximum Gasteiger partial charge on any atom is 0.248 e. The second kappa shape index (κ2) is 4.50. The average molecular weight is 268 g/mol. The van der Waals surface area contributed by atoms with Crippen molar-refractivity contribution in [3.05, 3.63) is 0 Å². The Morgan fingerprint density at radius 1 is 1.16 bits per heavy atom. The maximum absolute atomic E-state index is 12.6. The maximum atomic E-state index is 12.6. The van der Waals surface area contributed by atoms with Crippen molar-refractivity contribution in [3.8, 4) is 0 Å². The normalized spacial score (nSPS) is 24.4. The second-order valence-corrected chi connectivity index (χ2v) is 8.02. The molecule has 1 saturated heterocycles. The Hall–Kier alpha value is -1.06. The smallest absolute Gasteiger partial charge is 0.248 e. The highest BCUT2D eigenvalue weighted by Gasteiger charge is 2.49. The molecule has 1 aliphatic rings. The minimum atomic E-state index is -0.821. The van der Waals surface area contributed by atoms with Gasteiger partial charge in [0.15, 0.2) is 0 Å². The minimum Gasteiger partial charge on any atom is -0.340 e. The third kappa shape index (κ3) is 3.28. The molecular formula is C15H28N2O2. The molecule has 1 N–H and O–H groups in total. The van der Waals surface area contributed by atoms with Gasteiger partial charge in [-0.1, -0.05) is 20.8 Å². The molecule has 1 aliphatic heterocycles. The number of hydrogen-bond donors (Lipinski definition) is 1. The molecular weight excluding hydrogens is 240 g/mol. The number of nitrogens with one attached hydrogen (secondary N) is 1. The summed E-state index contributed by atoms with van der Waals surface area (Å²) in [4.78, 5) is 26.5. The van der Waals surface area contributed by atoms with E-state index in [1.54, 1.807) is 25.7 Å². The van der Waals surface area contributed by atoms with Crippen LogP contribution < -0.4 is 5.32 Å². The zero-order chi connectivity index (χ0) is 15.2. The van der Waals surface area contributed by atoms with Crippen LogP contribution in [0.25, 0.3) is 0 Å². The number of hydrogen-bond acceptors (Lipinski definition) is 2. The molecule has 2 amide bonds. The summed E-state index contributed by atoms with van der Waals surface area (Å²) in [7, 11) is 0. The van der Waals surface area contributed by atoms with Crippen molar-refractivity contribution in [2.75, 3.05) is 0 Å². The lowest BCUT2D eigenvalue weighted by molar-refractivity contribution is -0.160. The molecule has 0 bridgehead atoms. The van der Waals surface area contributed by atoms with Crippen molar-refractivity contribution in [2.24, 2.45) is 5.41 Å². The summed E-state index contributed by atoms with van der Waals surface area (Å²) in [5.74, 6) is -0.0829. The van der Waals surface area contributed by atoms with Crippen LogP contribution in [0.1, 0.15) is 61.8 Å². The Morgan fingerprint density at radius 3 is 2.05 bits per heavy atom. The SMILES string of the molecule is CC1C(=O)NC(C)(C)C(=O)N1C(C)(C)CC(C)(C)C. The Kier molecular flexibility index (Phi) is 3.79. The van der Waals surface area contributed by atoms with Gasteiger partial charge in [-0.05, 0) is 46.5 Å². The Bertz CT molecular complexity index is 391. The van der Waals surface area contributed by atoms with Gasteiger partial charge in [-0.25, -0.2) is 0 Å². The molecule has 0 aromatic rings. The summed E-state index contributed by atoms with van der Waals surface area (Å²) in [6, 6.07) is -0.419. The van der Waals surface area contributed by atoms with Crippen LogP contribution in [-0.4, -0.2) is 33.8 Å². The van der Waals surface area contributed by atoms with Crippen molar-refractivity contribution in [1.29, 1.82) is 0 Å². The van der Waals surface area contributed by atoms with Crippen LogP contribution in [0.3, 0.4) is 0 Å². The van der Waals surface area contributed by atoms with Gasteiger partial charge in [-0.3, -0.25) is 9.59 Å². The largest absolute Gasteiger partial charge is 0.340 e. The van der Waals surface area contributed by atoms with Crippen LogP contribution in [0, 0.1) is 5.41 Å². The van der Waals surface area contributed by atoms with Crippen LogP contribution >= 0.6 is 0 Å². The van der Waals surface area contributed by atoms with Gasteiger partial charge in [0.05, 0.1) is 0 Å². The first-order chi connectivity index (χ1) is 8.28. The zero-order valence-electron chi connectivity index (χ0n) is 13.5. The first-order valence-electron chi connectivity index (χ1n) is 6.94. The Labute approximate surface area is 116 Å². The highest BCUT2D eigenvalue weighted by Crippen LogP contribution is 2.35. The first kappa shape index (κ1) is 16.0. The fourth-order valence-electron chi connectivity index (χ4n) is 3.24. The van der Waals surface area contributed by atoms with E-state index in [0.717, 1.165) is 6.42 Å². The van der Waals surface area contributed by atoms with E-state index in [4.69, 9.17) is 0 Å². The number of nitrogens with zero attached hydrogens (tertiary/aromatic N) is 1. The van der Waals surface area contributed by atoms with Crippen LogP contribution in [-0.2, 0) is 9.59 Å². The average Bonchev–Trinajstić information content (AvgIpc) is 2.10. The molecule has 0 radical (unpaired) electrons. The third-order valence-electron chi connectivity index (χ3n) is 3.57. The van der Waals surface area contributed by atoms with E-state index in [1.807, 2.05) is 13.8 Å². The van der Waals surface area contributed by atoms with E-state index < -0.39 is 11.6 Å². The van der Waals surface area contributed by atoms with Crippen molar-refractivity contribution >= 4 is 11.8 Å². The zero-order valence-corrected chi connectivity index (χ0v) is 13.5. The molecule has 110 valence electrons. The first-order valence-corrected chi connectivity index (χ1v) is 6.94. The predicted molar refractivity (Wildman–Crippen MR) is 76.7 cm³/mol. The molecule has 19 heavy (non-hydrogen) atoms. The fourth-order valence-corrected chi connectivity index (χ4v) is 3.24. The lowest BCUT2D eigenvalue weighted by Crippen LogP contribution is -2.71. The van der Waals surface area contributed by atoms with Crippen LogP contribution in [0.2, 0.25) is 0 Å². The van der Waals surface area contributed by atoms with Gasteiger partial charge >= 0.3 is 0 Å². The van der Waals surface area contributed by atoms with E-state index in [1.165, 1.54) is 0 Å². The molecule has 1 rings (SSSR count). The minimum absolute atomic E-state index is 0.00569. The topological polar surface area (TPSA) is 49.4 Å². The number of amides is 2. The van der Waals surface area contributed by atoms with E-state index >= 15 is 0 Å². The lowest BCUT2D eigenvalue weighted by Gasteiger charge is -2.51. The molecule has 0 saturated carbocycles. The van der Waals surface area contributed by atoms with E-state index in [2.05, 4.69) is 26.1 Å². The highest BCUT2D eigenvalue weighted by molar-refractivity contribution is 5.99. The second-order valence-electron chi connectivity index (χ2n) is 8.02. The highest BCUT2D eigenvalue weighted by atomic mass is 16.2. The van der Waals surface area contributed by atoms with Crippen LogP contribution in [0.5, 0.6) is 0 Å². The Morgan fingerprint density at radius 2 is 1.63 bits per heavy atom. The molecule has 1 atom stereocenters. The number of piperazine rings is 1. The summed E-state index contributed by atoms with van der Waals surface area (Å²) in [5, 5.41) is 2.79. The van der Waals surface area contributed by atoms with Crippen molar-refractivity contribution in [1.82, 2.24) is 10.2 Å². The molecule has 0 aromatic carbocycles. The summed E-state index contributed by atoms with van der Waals surface area (Å²) in [6.45, 7) is 15.9. The van der Waals surface area contributed by atoms with Crippen LogP contribution in [0.4, 0.5) is 0 Å². The van der Waals surface area contributed by atoms with E-state index in [9.17, 15) is 9.59 Å². The molecule has 1 fully saturated rings. The molecule has 4 nitrogen and oxygen atoms in total. The van der Waals surface area contributed by atoms with Crippen LogP contribution in [0.15, 0.2) is 0 Å². The molecule has 4 heteroatoms. The molecule has 0 spiro atoms. The molecule has 0 aliphatic carbocycles. The van der Waals surface area contributed by atoms with Gasteiger partial charge in [-0.2, -0.15) is 0 Å². The van der Waals surface area contributed by atoms with Gasteiger partial charge in [-0.15, -0.1) is 0 Å². The summed E-state index contributed by atoms with van der Waals surface area (Å²) >= 11 is 0. The van der Waals surface area contributed by atoms with Gasteiger partial charge in [0.25, 0.3) is 0 Å². The Balaban J connectivity index is 3.14. The van der Waals surface area contributed by atoms with Crippen molar-refractivity contribution < 1.29 is 9.59 Å². The van der Waals surface area contributed by atoms with Crippen molar-refractivity contribution in [2.45, 2.75) is 78.9 Å². The summed E-state index contributed by atoms with van der Waals surface area (Å²) in [6.07, 6.45) is 0.847. The summed E-state index contributed by atoms with van der Waals surface area (Å²) < 4.78 is 0. The molecule has 1 heterocycles. The number of rotatable bonds is 2. The lowest BCUT2D eigenvalue weighted by atomic mass is 9.79. The molecule has 1 unspecified atom stereocenters. The van der Waals surface area contributed by atoms with Crippen molar-refractivity contribution in [3.63, 3.8) is 0 Å². The van der Waals surface area contributed by atoms with E-state index in [-0.39, 0.29) is 22.8 Å². The number of carbonyl (C=O) groups is 2. The number of carbonyl (C=O) groups excluding carboxylic acids is 2. The monoisotopic (exact) mass is 268 g/mol. The van der Waals surface area contributed by atoms with E-state index in [0.29, 0.717) is 0 Å². The van der Waals surface area contributed by atoms with Gasteiger partial charge < -0.3 is 10.2 Å². The molecule has 0 aromatic heterocycles. The van der Waals surface area contributed by atoms with Gasteiger partial charge in [0.2, 0.25) is 11.8 Å². The summed E-state index contributed by atoms with van der Waals surface area (Å²) in [5.41, 5.74) is -1.07. The predicted octanol–water partition coefficient (Wildman–Crippen LogP) is 2.33.